The van der Waals surface area contributed by atoms with E-state index in [4.69, 9.17) is 0 Å². The minimum Gasteiger partial charge on any atom is -0.375 e. The summed E-state index contributed by atoms with van der Waals surface area (Å²) in [6, 6.07) is 20.8. The molecular formula is C23H21BrN4O4. The maximum atomic E-state index is 12.8. The topological polar surface area (TPSA) is 105 Å². The number of halogens is 1. The van der Waals surface area contributed by atoms with Crippen molar-refractivity contribution in [2.24, 2.45) is 0 Å². The maximum Gasteiger partial charge on any atom is 0.293 e. The highest BCUT2D eigenvalue weighted by Gasteiger charge is 2.21. The van der Waals surface area contributed by atoms with Crippen molar-refractivity contribution in [3.63, 3.8) is 0 Å². The zero-order chi connectivity index (χ0) is 23.1. The van der Waals surface area contributed by atoms with Crippen LogP contribution in [-0.4, -0.2) is 35.2 Å². The predicted octanol–water partition coefficient (Wildman–Crippen LogP) is 4.68. The molecule has 0 aliphatic heterocycles. The number of amides is 2. The quantitative estimate of drug-likeness (QED) is 0.348. The fourth-order valence-electron chi connectivity index (χ4n) is 3.02. The lowest BCUT2D eigenvalue weighted by Crippen LogP contribution is -2.35. The van der Waals surface area contributed by atoms with Crippen molar-refractivity contribution in [3.8, 4) is 0 Å². The van der Waals surface area contributed by atoms with E-state index < -0.39 is 10.8 Å². The number of nitro benzene ring substituents is 1. The second-order valence-corrected chi connectivity index (χ2v) is 7.87. The molecule has 0 spiro atoms. The second kappa shape index (κ2) is 10.5. The van der Waals surface area contributed by atoms with Gasteiger partial charge in [-0.1, -0.05) is 42.5 Å². The van der Waals surface area contributed by atoms with Crippen molar-refractivity contribution >= 4 is 44.8 Å². The number of hydrogen-bond acceptors (Lipinski definition) is 5. The molecule has 32 heavy (non-hydrogen) atoms. The molecule has 0 radical (unpaired) electrons. The second-order valence-electron chi connectivity index (χ2n) is 7.02. The number of hydrogen-bond donors (Lipinski definition) is 2. The van der Waals surface area contributed by atoms with Crippen LogP contribution in [0.2, 0.25) is 0 Å². The molecule has 0 bridgehead atoms. The van der Waals surface area contributed by atoms with Crippen molar-refractivity contribution in [1.82, 2.24) is 4.90 Å². The Labute approximate surface area is 193 Å². The molecule has 0 heterocycles. The third kappa shape index (κ3) is 5.92. The van der Waals surface area contributed by atoms with Crippen LogP contribution in [0.25, 0.3) is 0 Å². The van der Waals surface area contributed by atoms with Gasteiger partial charge < -0.3 is 15.5 Å². The number of rotatable bonds is 8. The molecular weight excluding hydrogens is 476 g/mol. The SMILES string of the molecule is CN(CC(=O)Nc1ccccc1Br)C(=O)c1ccc(NCc2ccccc2)c([N+](=O)[O-])c1. The predicted molar refractivity (Wildman–Crippen MR) is 127 cm³/mol. The third-order valence-electron chi connectivity index (χ3n) is 4.64. The molecule has 3 rings (SSSR count). The fourth-order valence-corrected chi connectivity index (χ4v) is 3.40. The minimum atomic E-state index is -0.538. The molecule has 8 nitrogen and oxygen atoms in total. The number of carbonyl (C=O) groups excluding carboxylic acids is 2. The van der Waals surface area contributed by atoms with E-state index in [2.05, 4.69) is 26.6 Å². The number of para-hydroxylation sites is 1. The molecule has 0 aliphatic carbocycles. The van der Waals surface area contributed by atoms with E-state index in [0.717, 1.165) is 10.0 Å². The highest BCUT2D eigenvalue weighted by atomic mass is 79.9. The molecule has 0 saturated carbocycles. The number of carbonyl (C=O) groups is 2. The summed E-state index contributed by atoms with van der Waals surface area (Å²) in [4.78, 5) is 37.3. The summed E-state index contributed by atoms with van der Waals surface area (Å²) in [5.41, 5.74) is 1.78. The molecule has 0 fully saturated rings. The molecule has 0 aliphatic rings. The van der Waals surface area contributed by atoms with Gasteiger partial charge in [-0.3, -0.25) is 19.7 Å². The van der Waals surface area contributed by atoms with E-state index >= 15 is 0 Å². The van der Waals surface area contributed by atoms with Crippen LogP contribution in [0.5, 0.6) is 0 Å². The van der Waals surface area contributed by atoms with Crippen LogP contribution in [-0.2, 0) is 11.3 Å². The first-order valence-corrected chi connectivity index (χ1v) is 10.5. The standard InChI is InChI=1S/C23H21BrN4O4/c1-27(15-22(29)26-19-10-6-5-9-18(19)24)23(30)17-11-12-20(21(13-17)28(31)32)25-14-16-7-3-2-4-8-16/h2-13,25H,14-15H2,1H3,(H,26,29). The first-order chi connectivity index (χ1) is 15.3. The summed E-state index contributed by atoms with van der Waals surface area (Å²) in [6.07, 6.45) is 0. The Morgan fingerprint density at radius 2 is 1.69 bits per heavy atom. The van der Waals surface area contributed by atoms with Gasteiger partial charge >= 0.3 is 0 Å². The normalized spacial score (nSPS) is 10.3. The van der Waals surface area contributed by atoms with Crippen LogP contribution in [0.1, 0.15) is 15.9 Å². The molecule has 3 aromatic carbocycles. The monoisotopic (exact) mass is 496 g/mol. The molecule has 2 amide bonds. The lowest BCUT2D eigenvalue weighted by atomic mass is 10.1. The Kier molecular flexibility index (Phi) is 7.56. The average Bonchev–Trinajstić information content (AvgIpc) is 2.79. The summed E-state index contributed by atoms with van der Waals surface area (Å²) in [6.45, 7) is 0.200. The lowest BCUT2D eigenvalue weighted by molar-refractivity contribution is -0.384. The summed E-state index contributed by atoms with van der Waals surface area (Å²) in [5.74, 6) is -0.881. The van der Waals surface area contributed by atoms with Gasteiger partial charge in [-0.15, -0.1) is 0 Å². The van der Waals surface area contributed by atoms with Gasteiger partial charge in [-0.2, -0.15) is 0 Å². The van der Waals surface area contributed by atoms with Crippen LogP contribution in [0, 0.1) is 10.1 Å². The number of likely N-dealkylation sites (N-methyl/N-ethyl adjacent to an activating group) is 1. The Morgan fingerprint density at radius 1 is 1.00 bits per heavy atom. The highest BCUT2D eigenvalue weighted by Crippen LogP contribution is 2.27. The fraction of sp³-hybridized carbons (Fsp3) is 0.130. The van der Waals surface area contributed by atoms with E-state index in [9.17, 15) is 19.7 Å². The number of anilines is 2. The summed E-state index contributed by atoms with van der Waals surface area (Å²) < 4.78 is 0.719. The summed E-state index contributed by atoms with van der Waals surface area (Å²) >= 11 is 3.35. The van der Waals surface area contributed by atoms with Gasteiger partial charge in [-0.05, 0) is 45.8 Å². The van der Waals surface area contributed by atoms with E-state index in [1.54, 1.807) is 18.2 Å². The Bertz CT molecular complexity index is 1140. The largest absolute Gasteiger partial charge is 0.375 e. The molecule has 164 valence electrons. The Morgan fingerprint density at radius 3 is 2.38 bits per heavy atom. The van der Waals surface area contributed by atoms with Crippen LogP contribution in [0.4, 0.5) is 17.1 Å². The van der Waals surface area contributed by atoms with Crippen molar-refractivity contribution < 1.29 is 14.5 Å². The van der Waals surface area contributed by atoms with Crippen molar-refractivity contribution in [1.29, 1.82) is 0 Å². The van der Waals surface area contributed by atoms with E-state index in [-0.39, 0.29) is 23.7 Å². The van der Waals surface area contributed by atoms with Crippen molar-refractivity contribution in [2.45, 2.75) is 6.54 Å². The minimum absolute atomic E-state index is 0.123. The maximum absolute atomic E-state index is 12.8. The lowest BCUT2D eigenvalue weighted by Gasteiger charge is -2.17. The zero-order valence-electron chi connectivity index (χ0n) is 17.2. The molecule has 2 N–H and O–H groups in total. The first kappa shape index (κ1) is 23.0. The number of nitrogens with zero attached hydrogens (tertiary/aromatic N) is 2. The average molecular weight is 497 g/mol. The number of nitrogens with one attached hydrogen (secondary N) is 2. The van der Waals surface area contributed by atoms with E-state index in [0.29, 0.717) is 17.9 Å². The highest BCUT2D eigenvalue weighted by molar-refractivity contribution is 9.10. The van der Waals surface area contributed by atoms with Gasteiger partial charge in [0.25, 0.3) is 11.6 Å². The van der Waals surface area contributed by atoms with Crippen LogP contribution in [0.3, 0.4) is 0 Å². The molecule has 9 heteroatoms. The molecule has 3 aromatic rings. The van der Waals surface area contributed by atoms with Crippen LogP contribution >= 0.6 is 15.9 Å². The van der Waals surface area contributed by atoms with Gasteiger partial charge in [0.2, 0.25) is 5.91 Å². The zero-order valence-corrected chi connectivity index (χ0v) is 18.8. The Balaban J connectivity index is 1.68. The van der Waals surface area contributed by atoms with Gasteiger partial charge in [-0.25, -0.2) is 0 Å². The summed E-state index contributed by atoms with van der Waals surface area (Å²) in [5, 5.41) is 17.3. The smallest absolute Gasteiger partial charge is 0.293 e. The van der Waals surface area contributed by atoms with Crippen LogP contribution < -0.4 is 10.6 Å². The molecule has 0 saturated heterocycles. The van der Waals surface area contributed by atoms with Gasteiger partial charge in [0, 0.05) is 29.7 Å². The van der Waals surface area contributed by atoms with Crippen molar-refractivity contribution in [3.05, 3.63) is 98.5 Å². The number of benzene rings is 3. The molecule has 0 unspecified atom stereocenters. The van der Waals surface area contributed by atoms with Crippen molar-refractivity contribution in [2.75, 3.05) is 24.2 Å². The van der Waals surface area contributed by atoms with Gasteiger partial charge in [0.05, 0.1) is 17.2 Å². The Hall–Kier alpha value is -3.72. The summed E-state index contributed by atoms with van der Waals surface area (Å²) in [7, 11) is 1.47. The number of nitro groups is 1. The van der Waals surface area contributed by atoms with E-state index in [1.807, 2.05) is 36.4 Å². The molecule has 0 aromatic heterocycles. The molecule has 0 atom stereocenters. The van der Waals surface area contributed by atoms with Crippen LogP contribution in [0.15, 0.2) is 77.3 Å². The van der Waals surface area contributed by atoms with E-state index in [1.165, 1.54) is 30.1 Å². The van der Waals surface area contributed by atoms with Gasteiger partial charge in [0.15, 0.2) is 0 Å². The third-order valence-corrected chi connectivity index (χ3v) is 5.33. The van der Waals surface area contributed by atoms with Gasteiger partial charge in [0.1, 0.15) is 5.69 Å². The first-order valence-electron chi connectivity index (χ1n) is 9.71.